The largest absolute Gasteiger partial charge is 1.00 e. The molecule has 0 bridgehead atoms. The summed E-state index contributed by atoms with van der Waals surface area (Å²) in [6, 6.07) is 0. The van der Waals surface area contributed by atoms with Crippen LogP contribution in [0, 0.1) is 0 Å². The Balaban J connectivity index is 0.00000144. The average Bonchev–Trinajstić information content (AvgIpc) is 2.33. The van der Waals surface area contributed by atoms with E-state index in [1.807, 2.05) is 0 Å². The summed E-state index contributed by atoms with van der Waals surface area (Å²) in [6.07, 6.45) is -2.89. The van der Waals surface area contributed by atoms with Gasteiger partial charge in [0.25, 0.3) is 6.43 Å². The number of hydrogen-bond donors (Lipinski definition) is 0. The molecular formula is C4H3F2KN4O2. The van der Waals surface area contributed by atoms with E-state index in [-0.39, 0.29) is 51.4 Å². The number of tetrazole rings is 1. The fraction of sp³-hybridized carbons (Fsp3) is 0.500. The molecular weight excluding hydrogens is 213 g/mol. The van der Waals surface area contributed by atoms with E-state index in [1.54, 1.807) is 0 Å². The van der Waals surface area contributed by atoms with Gasteiger partial charge in [-0.15, -0.1) is 5.10 Å². The number of carboxylic acids is 1. The maximum absolute atomic E-state index is 11.9. The molecule has 0 spiro atoms. The molecule has 0 aromatic carbocycles. The van der Waals surface area contributed by atoms with Crippen LogP contribution in [0.1, 0.15) is 12.2 Å². The minimum atomic E-state index is -2.89. The fourth-order valence-electron chi connectivity index (χ4n) is 0.603. The van der Waals surface area contributed by atoms with Gasteiger partial charge in [-0.3, -0.25) is 0 Å². The van der Waals surface area contributed by atoms with Gasteiger partial charge in [0.1, 0.15) is 0 Å². The second-order valence-electron chi connectivity index (χ2n) is 1.87. The van der Waals surface area contributed by atoms with Gasteiger partial charge in [-0.1, -0.05) is 0 Å². The number of aromatic nitrogens is 4. The molecule has 0 atom stereocenters. The number of nitrogens with zero attached hydrogens (tertiary/aromatic N) is 4. The maximum atomic E-state index is 11.9. The van der Waals surface area contributed by atoms with E-state index in [0.717, 1.165) is 0 Å². The molecule has 0 fully saturated rings. The Kier molecular flexibility index (Phi) is 5.72. The molecule has 6 nitrogen and oxygen atoms in total. The molecule has 13 heavy (non-hydrogen) atoms. The van der Waals surface area contributed by atoms with E-state index in [2.05, 4.69) is 15.5 Å². The normalized spacial score (nSPS) is 9.77. The summed E-state index contributed by atoms with van der Waals surface area (Å²) in [5.74, 6) is -2.30. The van der Waals surface area contributed by atoms with Crippen molar-refractivity contribution in [3.05, 3.63) is 5.82 Å². The number of aliphatic carboxylic acids is 1. The number of halogens is 2. The number of hydrogen-bond acceptors (Lipinski definition) is 5. The third-order valence-corrected chi connectivity index (χ3v) is 1.03. The summed E-state index contributed by atoms with van der Waals surface area (Å²) in [5, 5.41) is 18.8. The molecule has 0 aliphatic rings. The maximum Gasteiger partial charge on any atom is 1.00 e. The summed E-state index contributed by atoms with van der Waals surface area (Å²) in [7, 11) is 0. The van der Waals surface area contributed by atoms with Crippen molar-refractivity contribution >= 4 is 5.97 Å². The topological polar surface area (TPSA) is 83.7 Å². The molecule has 0 aliphatic carbocycles. The van der Waals surface area contributed by atoms with Crippen molar-refractivity contribution in [2.24, 2.45) is 0 Å². The first-order chi connectivity index (χ1) is 5.61. The van der Waals surface area contributed by atoms with Crippen LogP contribution >= 0.6 is 0 Å². The smallest absolute Gasteiger partial charge is 0.548 e. The molecule has 9 heteroatoms. The minimum absolute atomic E-state index is 0. The number of carbonyl (C=O) groups is 1. The quantitative estimate of drug-likeness (QED) is 0.474. The van der Waals surface area contributed by atoms with Crippen molar-refractivity contribution in [2.45, 2.75) is 13.0 Å². The number of carbonyl (C=O) groups excluding carboxylic acids is 1. The molecule has 0 unspecified atom stereocenters. The summed E-state index contributed by atoms with van der Waals surface area (Å²) < 4.78 is 24.3. The van der Waals surface area contributed by atoms with E-state index < -0.39 is 24.8 Å². The second-order valence-corrected chi connectivity index (χ2v) is 1.87. The molecule has 1 rings (SSSR count). The Morgan fingerprint density at radius 1 is 1.62 bits per heavy atom. The van der Waals surface area contributed by atoms with Crippen LogP contribution in [-0.4, -0.2) is 26.2 Å². The summed E-state index contributed by atoms with van der Waals surface area (Å²) in [5.41, 5.74) is 0. The fourth-order valence-corrected chi connectivity index (χ4v) is 0.603. The van der Waals surface area contributed by atoms with Gasteiger partial charge >= 0.3 is 51.4 Å². The Morgan fingerprint density at radius 2 is 2.23 bits per heavy atom. The van der Waals surface area contributed by atoms with Crippen LogP contribution in [0.5, 0.6) is 0 Å². The summed E-state index contributed by atoms with van der Waals surface area (Å²) in [4.78, 5) is 9.97. The van der Waals surface area contributed by atoms with E-state index >= 15 is 0 Å². The number of rotatable bonds is 3. The minimum Gasteiger partial charge on any atom is -0.548 e. The number of carboxylic acid groups (broad SMARTS) is 1. The van der Waals surface area contributed by atoms with Gasteiger partial charge < -0.3 is 9.90 Å². The predicted octanol–water partition coefficient (Wildman–Crippen LogP) is -4.64. The Morgan fingerprint density at radius 3 is 2.69 bits per heavy atom. The van der Waals surface area contributed by atoms with E-state index in [0.29, 0.717) is 4.68 Å². The van der Waals surface area contributed by atoms with E-state index in [1.165, 1.54) is 0 Å². The Labute approximate surface area is 114 Å². The molecule has 66 valence electrons. The molecule has 0 amide bonds. The van der Waals surface area contributed by atoms with Gasteiger partial charge in [-0.05, 0) is 10.4 Å². The van der Waals surface area contributed by atoms with Crippen LogP contribution in [0.4, 0.5) is 8.78 Å². The SMILES string of the molecule is O=C([O-])Cn1nnnc1C(F)F.[K+]. The Hall–Kier alpha value is 0.0364. The van der Waals surface area contributed by atoms with Gasteiger partial charge in [0.05, 0.1) is 12.5 Å². The van der Waals surface area contributed by atoms with Gasteiger partial charge in [-0.2, -0.15) is 0 Å². The number of alkyl halides is 2. The van der Waals surface area contributed by atoms with Crippen LogP contribution in [0.15, 0.2) is 0 Å². The second kappa shape index (κ2) is 5.70. The third-order valence-electron chi connectivity index (χ3n) is 1.03. The predicted molar refractivity (Wildman–Crippen MR) is 27.8 cm³/mol. The van der Waals surface area contributed by atoms with Crippen molar-refractivity contribution in [3.63, 3.8) is 0 Å². The summed E-state index contributed by atoms with van der Waals surface area (Å²) in [6.45, 7) is -0.771. The van der Waals surface area contributed by atoms with Crippen LogP contribution in [0.25, 0.3) is 0 Å². The molecule has 0 radical (unpaired) electrons. The van der Waals surface area contributed by atoms with Crippen molar-refractivity contribution in [3.8, 4) is 0 Å². The molecule has 0 saturated carbocycles. The van der Waals surface area contributed by atoms with Crippen molar-refractivity contribution in [1.82, 2.24) is 20.2 Å². The van der Waals surface area contributed by atoms with Gasteiger partial charge in [0.2, 0.25) is 5.82 Å². The first kappa shape index (κ1) is 13.0. The molecule has 0 N–H and O–H groups in total. The Bertz CT molecular complexity index is 291. The first-order valence-electron chi connectivity index (χ1n) is 2.85. The zero-order valence-electron chi connectivity index (χ0n) is 6.65. The van der Waals surface area contributed by atoms with Crippen molar-refractivity contribution in [2.75, 3.05) is 0 Å². The zero-order valence-corrected chi connectivity index (χ0v) is 9.77. The van der Waals surface area contributed by atoms with Crippen molar-refractivity contribution in [1.29, 1.82) is 0 Å². The van der Waals surface area contributed by atoms with E-state index in [9.17, 15) is 18.7 Å². The zero-order chi connectivity index (χ0) is 9.14. The van der Waals surface area contributed by atoms with Gasteiger partial charge in [0.15, 0.2) is 0 Å². The molecule has 1 aromatic heterocycles. The molecule has 0 saturated heterocycles. The molecule has 0 aliphatic heterocycles. The molecule has 1 aromatic rings. The third kappa shape index (κ3) is 3.73. The van der Waals surface area contributed by atoms with Crippen LogP contribution in [-0.2, 0) is 11.3 Å². The van der Waals surface area contributed by atoms with Crippen LogP contribution in [0.3, 0.4) is 0 Å². The van der Waals surface area contributed by atoms with Gasteiger partial charge in [-0.25, -0.2) is 13.5 Å². The molecule has 1 heterocycles. The van der Waals surface area contributed by atoms with E-state index in [4.69, 9.17) is 0 Å². The van der Waals surface area contributed by atoms with Gasteiger partial charge in [0, 0.05) is 0 Å². The monoisotopic (exact) mass is 216 g/mol. The summed E-state index contributed by atoms with van der Waals surface area (Å²) >= 11 is 0. The van der Waals surface area contributed by atoms with Crippen LogP contribution < -0.4 is 56.5 Å². The first-order valence-corrected chi connectivity index (χ1v) is 2.85. The standard InChI is InChI=1S/C4H4F2N4O2.K/c5-3(6)4-7-8-9-10(4)1-2(11)12;/h3H,1H2,(H,11,12);/q;+1/p-1. The average molecular weight is 216 g/mol. The van der Waals surface area contributed by atoms with Crippen LogP contribution in [0.2, 0.25) is 0 Å². The van der Waals surface area contributed by atoms with Crippen molar-refractivity contribution < 1.29 is 70.1 Å².